The van der Waals surface area contributed by atoms with Crippen LogP contribution in [-0.2, 0) is 11.8 Å². The van der Waals surface area contributed by atoms with Crippen molar-refractivity contribution < 1.29 is 14.3 Å². The lowest BCUT2D eigenvalue weighted by Gasteiger charge is -2.41. The van der Waals surface area contributed by atoms with Gasteiger partial charge < -0.3 is 14.4 Å². The van der Waals surface area contributed by atoms with Gasteiger partial charge in [-0.1, -0.05) is 24.3 Å². The molecule has 1 aliphatic carbocycles. The Morgan fingerprint density at radius 3 is 2.77 bits per heavy atom. The highest BCUT2D eigenvalue weighted by Crippen LogP contribution is 2.45. The number of methoxy groups -OCH3 is 2. The van der Waals surface area contributed by atoms with Crippen LogP contribution in [0.1, 0.15) is 40.7 Å². The molecule has 2 aromatic rings. The van der Waals surface area contributed by atoms with Gasteiger partial charge in [-0.3, -0.25) is 4.79 Å². The summed E-state index contributed by atoms with van der Waals surface area (Å²) in [5, 5.41) is 0. The van der Waals surface area contributed by atoms with Crippen LogP contribution in [0.25, 0.3) is 0 Å². The van der Waals surface area contributed by atoms with Crippen LogP contribution in [0, 0.1) is 0 Å². The lowest BCUT2D eigenvalue weighted by Crippen LogP contribution is -2.47. The highest BCUT2D eigenvalue weighted by atomic mass is 16.5. The van der Waals surface area contributed by atoms with Crippen molar-refractivity contribution in [2.75, 3.05) is 27.3 Å². The number of hydrogen-bond donors (Lipinski definition) is 0. The Balaban J connectivity index is 1.62. The summed E-state index contributed by atoms with van der Waals surface area (Å²) < 4.78 is 10.5. The molecule has 0 saturated carbocycles. The van der Waals surface area contributed by atoms with E-state index in [1.807, 2.05) is 4.90 Å². The summed E-state index contributed by atoms with van der Waals surface area (Å²) in [6, 6.07) is 12.1. The number of amides is 1. The molecule has 4 rings (SSSR count). The first-order chi connectivity index (χ1) is 12.7. The fourth-order valence-corrected chi connectivity index (χ4v) is 4.52. The minimum absolute atomic E-state index is 0.0135. The van der Waals surface area contributed by atoms with E-state index in [0.29, 0.717) is 17.3 Å². The SMILES string of the molecule is COc1ccc(C(=O)N2CCCC3(CCc4ccccc43)C2)c(OC)n1. The van der Waals surface area contributed by atoms with E-state index in [4.69, 9.17) is 9.47 Å². The molecular weight excluding hydrogens is 328 g/mol. The molecule has 1 fully saturated rings. The maximum atomic E-state index is 13.2. The molecule has 2 aliphatic rings. The number of fused-ring (bicyclic) bond motifs is 2. The molecule has 1 aliphatic heterocycles. The number of nitrogens with zero attached hydrogens (tertiary/aromatic N) is 2. The van der Waals surface area contributed by atoms with Gasteiger partial charge in [-0.25, -0.2) is 0 Å². The molecule has 26 heavy (non-hydrogen) atoms. The molecule has 5 heteroatoms. The average Bonchev–Trinajstić information content (AvgIpc) is 3.05. The quantitative estimate of drug-likeness (QED) is 0.851. The van der Waals surface area contributed by atoms with Crippen molar-refractivity contribution in [1.29, 1.82) is 0 Å². The summed E-state index contributed by atoms with van der Waals surface area (Å²) in [7, 11) is 3.08. The van der Waals surface area contributed by atoms with E-state index in [1.165, 1.54) is 18.2 Å². The van der Waals surface area contributed by atoms with E-state index >= 15 is 0 Å². The van der Waals surface area contributed by atoms with Gasteiger partial charge in [0.1, 0.15) is 5.56 Å². The molecule has 136 valence electrons. The number of pyridine rings is 1. The van der Waals surface area contributed by atoms with Gasteiger partial charge in [0, 0.05) is 24.6 Å². The van der Waals surface area contributed by atoms with E-state index < -0.39 is 0 Å². The van der Waals surface area contributed by atoms with Crippen molar-refractivity contribution in [2.24, 2.45) is 0 Å². The van der Waals surface area contributed by atoms with Crippen LogP contribution in [0.4, 0.5) is 0 Å². The number of benzene rings is 1. The van der Waals surface area contributed by atoms with Crippen molar-refractivity contribution in [1.82, 2.24) is 9.88 Å². The Bertz CT molecular complexity index is 832. The Labute approximate surface area is 153 Å². The minimum atomic E-state index is -0.0135. The summed E-state index contributed by atoms with van der Waals surface area (Å²) >= 11 is 0. The third kappa shape index (κ3) is 2.71. The van der Waals surface area contributed by atoms with Crippen LogP contribution in [0.2, 0.25) is 0 Å². The summed E-state index contributed by atoms with van der Waals surface area (Å²) in [4.78, 5) is 19.4. The van der Waals surface area contributed by atoms with Gasteiger partial charge >= 0.3 is 0 Å². The molecule has 1 spiro atoms. The summed E-state index contributed by atoms with van der Waals surface area (Å²) in [5.74, 6) is 0.750. The first-order valence-corrected chi connectivity index (χ1v) is 9.13. The molecule has 1 amide bonds. The molecule has 2 heterocycles. The maximum absolute atomic E-state index is 13.2. The Hall–Kier alpha value is -2.56. The average molecular weight is 352 g/mol. The lowest BCUT2D eigenvalue weighted by molar-refractivity contribution is 0.0632. The molecular formula is C21H24N2O3. The Kier molecular flexibility index (Phi) is 4.31. The normalized spacial score (nSPS) is 21.5. The maximum Gasteiger partial charge on any atom is 0.259 e. The third-order valence-corrected chi connectivity index (χ3v) is 5.79. The molecule has 0 radical (unpaired) electrons. The number of aryl methyl sites for hydroxylation is 1. The fourth-order valence-electron chi connectivity index (χ4n) is 4.52. The molecule has 5 nitrogen and oxygen atoms in total. The van der Waals surface area contributed by atoms with Gasteiger partial charge in [0.15, 0.2) is 0 Å². The van der Waals surface area contributed by atoms with Gasteiger partial charge in [-0.05, 0) is 42.9 Å². The lowest BCUT2D eigenvalue weighted by atomic mass is 9.75. The van der Waals surface area contributed by atoms with Gasteiger partial charge in [0.2, 0.25) is 11.8 Å². The minimum Gasteiger partial charge on any atom is -0.481 e. The van der Waals surface area contributed by atoms with Crippen LogP contribution in [0.3, 0.4) is 0 Å². The molecule has 1 aromatic carbocycles. The van der Waals surface area contributed by atoms with E-state index in [1.54, 1.807) is 19.2 Å². The van der Waals surface area contributed by atoms with E-state index in [2.05, 4.69) is 29.2 Å². The number of piperidine rings is 1. The van der Waals surface area contributed by atoms with Gasteiger partial charge in [0.25, 0.3) is 5.91 Å². The highest BCUT2D eigenvalue weighted by Gasteiger charge is 2.43. The molecule has 0 N–H and O–H groups in total. The second kappa shape index (κ2) is 6.63. The van der Waals surface area contributed by atoms with Crippen molar-refractivity contribution in [3.8, 4) is 11.8 Å². The number of likely N-dealkylation sites (tertiary alicyclic amines) is 1. The van der Waals surface area contributed by atoms with Crippen LogP contribution in [0.5, 0.6) is 11.8 Å². The Morgan fingerprint density at radius 2 is 1.96 bits per heavy atom. The first kappa shape index (κ1) is 16.9. The van der Waals surface area contributed by atoms with Crippen LogP contribution in [0.15, 0.2) is 36.4 Å². The molecule has 1 aromatic heterocycles. The van der Waals surface area contributed by atoms with Crippen LogP contribution >= 0.6 is 0 Å². The second-order valence-corrected chi connectivity index (χ2v) is 7.18. The van der Waals surface area contributed by atoms with Crippen LogP contribution in [-0.4, -0.2) is 43.1 Å². The largest absolute Gasteiger partial charge is 0.481 e. The molecule has 0 bridgehead atoms. The number of hydrogen-bond acceptors (Lipinski definition) is 4. The standard InChI is InChI=1S/C21H24N2O3/c1-25-18-9-8-16(19(22-18)26-2)20(24)23-13-5-11-21(14-23)12-10-15-6-3-4-7-17(15)21/h3-4,6-9H,5,10-14H2,1-2H3. The zero-order chi connectivity index (χ0) is 18.1. The number of ether oxygens (including phenoxy) is 2. The number of carbonyl (C=O) groups excluding carboxylic acids is 1. The predicted molar refractivity (Wildman–Crippen MR) is 98.9 cm³/mol. The zero-order valence-electron chi connectivity index (χ0n) is 15.3. The predicted octanol–water partition coefficient (Wildman–Crippen LogP) is 3.22. The van der Waals surface area contributed by atoms with Crippen molar-refractivity contribution in [3.63, 3.8) is 0 Å². The van der Waals surface area contributed by atoms with Crippen molar-refractivity contribution >= 4 is 5.91 Å². The number of rotatable bonds is 3. The summed E-state index contributed by atoms with van der Waals surface area (Å²) in [6.45, 7) is 1.54. The second-order valence-electron chi connectivity index (χ2n) is 7.18. The Morgan fingerprint density at radius 1 is 1.12 bits per heavy atom. The van der Waals surface area contributed by atoms with Gasteiger partial charge in [0.05, 0.1) is 14.2 Å². The molecule has 1 unspecified atom stereocenters. The summed E-state index contributed by atoms with van der Waals surface area (Å²) in [5.41, 5.74) is 3.46. The van der Waals surface area contributed by atoms with E-state index in [0.717, 1.165) is 38.8 Å². The van der Waals surface area contributed by atoms with Crippen molar-refractivity contribution in [3.05, 3.63) is 53.1 Å². The number of aromatic nitrogens is 1. The fraction of sp³-hybridized carbons (Fsp3) is 0.429. The summed E-state index contributed by atoms with van der Waals surface area (Å²) in [6.07, 6.45) is 4.39. The molecule has 1 saturated heterocycles. The number of carbonyl (C=O) groups is 1. The molecule has 1 atom stereocenters. The van der Waals surface area contributed by atoms with E-state index in [9.17, 15) is 4.79 Å². The third-order valence-electron chi connectivity index (χ3n) is 5.79. The van der Waals surface area contributed by atoms with Gasteiger partial charge in [-0.15, -0.1) is 0 Å². The highest BCUT2D eigenvalue weighted by molar-refractivity contribution is 5.96. The topological polar surface area (TPSA) is 51.7 Å². The van der Waals surface area contributed by atoms with Crippen LogP contribution < -0.4 is 9.47 Å². The monoisotopic (exact) mass is 352 g/mol. The van der Waals surface area contributed by atoms with E-state index in [-0.39, 0.29) is 11.3 Å². The first-order valence-electron chi connectivity index (χ1n) is 9.13. The van der Waals surface area contributed by atoms with Crippen molar-refractivity contribution in [2.45, 2.75) is 31.1 Å². The van der Waals surface area contributed by atoms with Gasteiger partial charge in [-0.2, -0.15) is 4.98 Å². The zero-order valence-corrected chi connectivity index (χ0v) is 15.3. The smallest absolute Gasteiger partial charge is 0.259 e.